The van der Waals surface area contributed by atoms with Gasteiger partial charge in [0, 0.05) is 23.6 Å². The molecule has 3 aromatic rings. The van der Waals surface area contributed by atoms with Gasteiger partial charge in [-0.05, 0) is 25.5 Å². The molecule has 2 heterocycles. The van der Waals surface area contributed by atoms with Crippen molar-refractivity contribution in [3.8, 4) is 5.75 Å². The maximum absolute atomic E-state index is 6.23. The normalized spacial score (nSPS) is 10.9. The van der Waals surface area contributed by atoms with Crippen LogP contribution in [-0.4, -0.2) is 21.5 Å². The molecule has 108 valence electrons. The van der Waals surface area contributed by atoms with Gasteiger partial charge in [0.2, 0.25) is 0 Å². The SMILES string of the molecule is COc1ccc(C)c(Nc2c(Cl)ncn3ccnc23)c1C. The molecule has 2 aromatic heterocycles. The number of aryl methyl sites for hydroxylation is 1. The van der Waals surface area contributed by atoms with Crippen LogP contribution in [0.5, 0.6) is 5.75 Å². The van der Waals surface area contributed by atoms with Crippen molar-refractivity contribution in [3.05, 3.63) is 47.1 Å². The third-order valence-corrected chi connectivity index (χ3v) is 3.77. The Hall–Kier alpha value is -2.27. The standard InChI is InChI=1S/C15H15ClN4O/c1-9-4-5-11(21-3)10(2)12(9)19-13-14(16)18-8-20-7-6-17-15(13)20/h4-8,19H,1-3H3. The second-order valence-electron chi connectivity index (χ2n) is 4.78. The molecule has 0 amide bonds. The minimum Gasteiger partial charge on any atom is -0.496 e. The van der Waals surface area contributed by atoms with Crippen LogP contribution in [0.25, 0.3) is 5.65 Å². The Balaban J connectivity index is 2.15. The fourth-order valence-electron chi connectivity index (χ4n) is 2.34. The summed E-state index contributed by atoms with van der Waals surface area (Å²) in [6.45, 7) is 4.03. The van der Waals surface area contributed by atoms with Crippen molar-refractivity contribution in [1.29, 1.82) is 0 Å². The molecule has 0 saturated carbocycles. The van der Waals surface area contributed by atoms with Gasteiger partial charge in [-0.1, -0.05) is 17.7 Å². The van der Waals surface area contributed by atoms with Crippen LogP contribution in [-0.2, 0) is 0 Å². The monoisotopic (exact) mass is 302 g/mol. The van der Waals surface area contributed by atoms with Gasteiger partial charge in [0.05, 0.1) is 7.11 Å². The van der Waals surface area contributed by atoms with Crippen molar-refractivity contribution in [1.82, 2.24) is 14.4 Å². The van der Waals surface area contributed by atoms with E-state index in [-0.39, 0.29) is 0 Å². The summed E-state index contributed by atoms with van der Waals surface area (Å²) in [7, 11) is 1.66. The molecule has 0 unspecified atom stereocenters. The zero-order valence-corrected chi connectivity index (χ0v) is 12.8. The molecule has 1 N–H and O–H groups in total. The first-order chi connectivity index (χ1) is 10.1. The smallest absolute Gasteiger partial charge is 0.165 e. The minimum atomic E-state index is 0.385. The van der Waals surface area contributed by atoms with Crippen molar-refractivity contribution in [2.45, 2.75) is 13.8 Å². The van der Waals surface area contributed by atoms with Crippen molar-refractivity contribution < 1.29 is 4.74 Å². The van der Waals surface area contributed by atoms with E-state index >= 15 is 0 Å². The van der Waals surface area contributed by atoms with Gasteiger partial charge in [-0.15, -0.1) is 0 Å². The Kier molecular flexibility index (Phi) is 3.43. The highest BCUT2D eigenvalue weighted by Crippen LogP contribution is 2.34. The largest absolute Gasteiger partial charge is 0.496 e. The second-order valence-corrected chi connectivity index (χ2v) is 5.14. The van der Waals surface area contributed by atoms with E-state index in [4.69, 9.17) is 16.3 Å². The van der Waals surface area contributed by atoms with Crippen molar-refractivity contribution in [3.63, 3.8) is 0 Å². The van der Waals surface area contributed by atoms with Crippen LogP contribution in [0.1, 0.15) is 11.1 Å². The Morgan fingerprint density at radius 3 is 2.76 bits per heavy atom. The van der Waals surface area contributed by atoms with Gasteiger partial charge in [0.15, 0.2) is 10.8 Å². The van der Waals surface area contributed by atoms with Crippen LogP contribution >= 0.6 is 11.6 Å². The minimum absolute atomic E-state index is 0.385. The van der Waals surface area contributed by atoms with E-state index in [1.165, 1.54) is 0 Å². The number of rotatable bonds is 3. The molecule has 1 aromatic carbocycles. The van der Waals surface area contributed by atoms with E-state index in [1.54, 1.807) is 19.6 Å². The Bertz CT molecular complexity index is 813. The molecule has 0 saturated heterocycles. The molecule has 0 spiro atoms. The van der Waals surface area contributed by atoms with Gasteiger partial charge >= 0.3 is 0 Å². The number of imidazole rings is 1. The number of aromatic nitrogens is 3. The number of methoxy groups -OCH3 is 1. The lowest BCUT2D eigenvalue weighted by Gasteiger charge is -2.16. The van der Waals surface area contributed by atoms with Gasteiger partial charge in [-0.25, -0.2) is 9.97 Å². The number of nitrogens with one attached hydrogen (secondary N) is 1. The molecule has 0 fully saturated rings. The number of halogens is 1. The molecule has 0 aliphatic heterocycles. The first-order valence-electron chi connectivity index (χ1n) is 6.50. The molecule has 5 nitrogen and oxygen atoms in total. The maximum Gasteiger partial charge on any atom is 0.165 e. The number of hydrogen-bond acceptors (Lipinski definition) is 4. The van der Waals surface area contributed by atoms with Crippen molar-refractivity contribution >= 4 is 28.6 Å². The fourth-order valence-corrected chi connectivity index (χ4v) is 2.52. The number of hydrogen-bond donors (Lipinski definition) is 1. The van der Waals surface area contributed by atoms with Crippen molar-refractivity contribution in [2.75, 3.05) is 12.4 Å². The van der Waals surface area contributed by atoms with Gasteiger partial charge in [-0.3, -0.25) is 4.40 Å². The summed E-state index contributed by atoms with van der Waals surface area (Å²) in [5.74, 6) is 0.822. The van der Waals surface area contributed by atoms with Crippen LogP contribution in [0.15, 0.2) is 30.9 Å². The summed E-state index contributed by atoms with van der Waals surface area (Å²) in [5.41, 5.74) is 4.48. The first kappa shape index (κ1) is 13.7. The van der Waals surface area contributed by atoms with Crippen molar-refractivity contribution in [2.24, 2.45) is 0 Å². The van der Waals surface area contributed by atoms with Gasteiger partial charge < -0.3 is 10.1 Å². The number of nitrogens with zero attached hydrogens (tertiary/aromatic N) is 3. The predicted molar refractivity (Wildman–Crippen MR) is 83.7 cm³/mol. The highest BCUT2D eigenvalue weighted by atomic mass is 35.5. The predicted octanol–water partition coefficient (Wildman–Crippen LogP) is 3.75. The topological polar surface area (TPSA) is 51.5 Å². The summed E-state index contributed by atoms with van der Waals surface area (Å²) in [5, 5.41) is 3.74. The van der Waals surface area contributed by atoms with E-state index in [0.717, 1.165) is 28.2 Å². The van der Waals surface area contributed by atoms with Gasteiger partial charge in [-0.2, -0.15) is 0 Å². The highest BCUT2D eigenvalue weighted by molar-refractivity contribution is 6.32. The lowest BCUT2D eigenvalue weighted by Crippen LogP contribution is -2.02. The quantitative estimate of drug-likeness (QED) is 0.749. The van der Waals surface area contributed by atoms with Crippen LogP contribution in [0.3, 0.4) is 0 Å². The summed E-state index contributed by atoms with van der Waals surface area (Å²) < 4.78 is 7.19. The third-order valence-electron chi connectivity index (χ3n) is 3.49. The number of fused-ring (bicyclic) bond motifs is 1. The molecule has 21 heavy (non-hydrogen) atoms. The lowest BCUT2D eigenvalue weighted by atomic mass is 10.1. The van der Waals surface area contributed by atoms with Crippen LogP contribution in [0.4, 0.5) is 11.4 Å². The molecular formula is C15H15ClN4O. The Labute approximate surface area is 127 Å². The zero-order valence-electron chi connectivity index (χ0n) is 12.0. The molecule has 0 radical (unpaired) electrons. The van der Waals surface area contributed by atoms with Crippen LogP contribution in [0, 0.1) is 13.8 Å². The summed E-state index contributed by atoms with van der Waals surface area (Å²) in [4.78, 5) is 8.49. The number of ether oxygens (including phenoxy) is 1. The molecule has 0 aliphatic carbocycles. The lowest BCUT2D eigenvalue weighted by molar-refractivity contribution is 0.412. The van der Waals surface area contributed by atoms with Gasteiger partial charge in [0.25, 0.3) is 0 Å². The van der Waals surface area contributed by atoms with Crippen LogP contribution < -0.4 is 10.1 Å². The molecule has 0 atom stereocenters. The summed E-state index contributed by atoms with van der Waals surface area (Å²) >= 11 is 6.23. The number of anilines is 2. The van der Waals surface area contributed by atoms with E-state index in [1.807, 2.05) is 36.6 Å². The van der Waals surface area contributed by atoms with E-state index in [9.17, 15) is 0 Å². The fraction of sp³-hybridized carbons (Fsp3) is 0.200. The molecular weight excluding hydrogens is 288 g/mol. The molecule has 0 aliphatic rings. The van der Waals surface area contributed by atoms with Crippen LogP contribution in [0.2, 0.25) is 5.15 Å². The molecule has 0 bridgehead atoms. The highest BCUT2D eigenvalue weighted by Gasteiger charge is 2.14. The van der Waals surface area contributed by atoms with Gasteiger partial charge in [0.1, 0.15) is 17.8 Å². The molecule has 3 rings (SSSR count). The average molecular weight is 303 g/mol. The summed E-state index contributed by atoms with van der Waals surface area (Å²) in [6.07, 6.45) is 5.18. The van der Waals surface area contributed by atoms with E-state index < -0.39 is 0 Å². The van der Waals surface area contributed by atoms with E-state index in [0.29, 0.717) is 10.8 Å². The molecule has 6 heteroatoms. The maximum atomic E-state index is 6.23. The zero-order chi connectivity index (χ0) is 15.0. The van der Waals surface area contributed by atoms with E-state index in [2.05, 4.69) is 15.3 Å². The Morgan fingerprint density at radius 1 is 1.19 bits per heavy atom. The third kappa shape index (κ3) is 2.29. The Morgan fingerprint density at radius 2 is 2.00 bits per heavy atom. The first-order valence-corrected chi connectivity index (χ1v) is 6.88. The number of benzene rings is 1. The summed E-state index contributed by atoms with van der Waals surface area (Å²) in [6, 6.07) is 3.95. The average Bonchev–Trinajstić information content (AvgIpc) is 2.94. The second kappa shape index (κ2) is 5.26.